The summed E-state index contributed by atoms with van der Waals surface area (Å²) in [6.07, 6.45) is 0.330. The molecule has 0 aliphatic carbocycles. The third-order valence-electron chi connectivity index (χ3n) is 4.31. The lowest BCUT2D eigenvalue weighted by Gasteiger charge is -2.11. The molecular formula is C21H18F2N2O4. The second kappa shape index (κ2) is 8.64. The summed E-state index contributed by atoms with van der Waals surface area (Å²) in [7, 11) is 0. The highest BCUT2D eigenvalue weighted by Crippen LogP contribution is 2.29. The molecular weight excluding hydrogens is 382 g/mol. The van der Waals surface area contributed by atoms with Gasteiger partial charge in [-0.15, -0.1) is 0 Å². The molecule has 0 saturated heterocycles. The highest BCUT2D eigenvalue weighted by Gasteiger charge is 2.22. The summed E-state index contributed by atoms with van der Waals surface area (Å²) in [5, 5.41) is 11.7. The van der Waals surface area contributed by atoms with Crippen LogP contribution in [0.25, 0.3) is 10.8 Å². The molecule has 3 rings (SSSR count). The molecule has 0 unspecified atom stereocenters. The van der Waals surface area contributed by atoms with Gasteiger partial charge in [-0.1, -0.05) is 12.1 Å². The van der Waals surface area contributed by atoms with Crippen molar-refractivity contribution in [1.82, 2.24) is 10.3 Å². The normalized spacial score (nSPS) is 10.7. The Kier molecular flexibility index (Phi) is 6.01. The predicted molar refractivity (Wildman–Crippen MR) is 102 cm³/mol. The summed E-state index contributed by atoms with van der Waals surface area (Å²) in [4.78, 5) is 27.6. The van der Waals surface area contributed by atoms with E-state index in [9.17, 15) is 18.4 Å². The molecule has 2 aromatic carbocycles. The number of halogens is 2. The molecule has 0 aliphatic rings. The molecule has 0 bridgehead atoms. The molecule has 2 N–H and O–H groups in total. The number of hydrogen-bond acceptors (Lipinski definition) is 4. The van der Waals surface area contributed by atoms with Crippen LogP contribution in [-0.4, -0.2) is 35.1 Å². The summed E-state index contributed by atoms with van der Waals surface area (Å²) in [5.41, 5.74) is -0.294. The van der Waals surface area contributed by atoms with Crippen LogP contribution >= 0.6 is 0 Å². The summed E-state index contributed by atoms with van der Waals surface area (Å²) >= 11 is 0. The largest absolute Gasteiger partial charge is 0.478 e. The van der Waals surface area contributed by atoms with Gasteiger partial charge in [0, 0.05) is 23.7 Å². The van der Waals surface area contributed by atoms with Gasteiger partial charge in [0.15, 0.2) is 5.78 Å². The molecule has 0 fully saturated rings. The Labute approximate surface area is 165 Å². The molecule has 3 aromatic rings. The van der Waals surface area contributed by atoms with E-state index in [1.807, 2.05) is 0 Å². The van der Waals surface area contributed by atoms with Gasteiger partial charge in [-0.05, 0) is 48.6 Å². The first-order valence-electron chi connectivity index (χ1n) is 8.92. The van der Waals surface area contributed by atoms with Gasteiger partial charge >= 0.3 is 6.09 Å². The van der Waals surface area contributed by atoms with Gasteiger partial charge in [-0.25, -0.2) is 18.6 Å². The Morgan fingerprint density at radius 3 is 2.52 bits per heavy atom. The SMILES string of the molecule is CCOc1nccc2c(C(=O)c3c(F)cc(CCNC(=O)O)cc3F)cccc12. The Morgan fingerprint density at radius 1 is 1.14 bits per heavy atom. The number of hydrogen-bond donors (Lipinski definition) is 2. The zero-order chi connectivity index (χ0) is 21.0. The molecule has 150 valence electrons. The van der Waals surface area contributed by atoms with Crippen molar-refractivity contribution in [2.24, 2.45) is 0 Å². The maximum Gasteiger partial charge on any atom is 0.404 e. The molecule has 0 radical (unpaired) electrons. The predicted octanol–water partition coefficient (Wildman–Crippen LogP) is 3.95. The van der Waals surface area contributed by atoms with Gasteiger partial charge in [0.1, 0.15) is 11.6 Å². The number of pyridine rings is 1. The summed E-state index contributed by atoms with van der Waals surface area (Å²) in [6.45, 7) is 2.18. The number of carbonyl (C=O) groups excluding carboxylic acids is 1. The van der Waals surface area contributed by atoms with Crippen molar-refractivity contribution in [3.8, 4) is 5.88 Å². The zero-order valence-corrected chi connectivity index (χ0v) is 15.5. The molecule has 1 heterocycles. The van der Waals surface area contributed by atoms with Gasteiger partial charge < -0.3 is 15.2 Å². The van der Waals surface area contributed by atoms with Crippen LogP contribution in [0.3, 0.4) is 0 Å². The number of ketones is 1. The van der Waals surface area contributed by atoms with Gasteiger partial charge in [0.05, 0.1) is 12.2 Å². The molecule has 0 spiro atoms. The van der Waals surface area contributed by atoms with Gasteiger partial charge in [0.2, 0.25) is 5.88 Å². The van der Waals surface area contributed by atoms with E-state index in [1.54, 1.807) is 25.1 Å². The van der Waals surface area contributed by atoms with Crippen molar-refractivity contribution in [2.45, 2.75) is 13.3 Å². The van der Waals surface area contributed by atoms with E-state index in [2.05, 4.69) is 10.3 Å². The van der Waals surface area contributed by atoms with Crippen molar-refractivity contribution >= 4 is 22.6 Å². The first-order valence-corrected chi connectivity index (χ1v) is 8.92. The number of amides is 1. The minimum atomic E-state index is -1.23. The third-order valence-corrected chi connectivity index (χ3v) is 4.31. The minimum Gasteiger partial charge on any atom is -0.478 e. The van der Waals surface area contributed by atoms with Crippen LogP contribution in [-0.2, 0) is 6.42 Å². The maximum absolute atomic E-state index is 14.6. The smallest absolute Gasteiger partial charge is 0.404 e. The quantitative estimate of drug-likeness (QED) is 0.586. The molecule has 0 aliphatic heterocycles. The van der Waals surface area contributed by atoms with Crippen molar-refractivity contribution in [3.63, 3.8) is 0 Å². The van der Waals surface area contributed by atoms with Crippen molar-refractivity contribution in [1.29, 1.82) is 0 Å². The molecule has 1 aromatic heterocycles. The number of carbonyl (C=O) groups is 2. The van der Waals surface area contributed by atoms with Crippen LogP contribution in [0.15, 0.2) is 42.6 Å². The van der Waals surface area contributed by atoms with E-state index in [4.69, 9.17) is 9.84 Å². The van der Waals surface area contributed by atoms with E-state index in [-0.39, 0.29) is 24.1 Å². The lowest BCUT2D eigenvalue weighted by Crippen LogP contribution is -2.23. The third kappa shape index (κ3) is 4.31. The van der Waals surface area contributed by atoms with E-state index < -0.39 is 29.1 Å². The zero-order valence-electron chi connectivity index (χ0n) is 15.5. The summed E-state index contributed by atoms with van der Waals surface area (Å²) in [5.74, 6) is -2.47. The van der Waals surface area contributed by atoms with E-state index in [1.165, 1.54) is 12.3 Å². The molecule has 8 heteroatoms. The number of carboxylic acid groups (broad SMARTS) is 1. The number of fused-ring (bicyclic) bond motifs is 1. The monoisotopic (exact) mass is 400 g/mol. The van der Waals surface area contributed by atoms with E-state index in [0.29, 0.717) is 23.3 Å². The van der Waals surface area contributed by atoms with E-state index in [0.717, 1.165) is 12.1 Å². The second-order valence-corrected chi connectivity index (χ2v) is 6.20. The second-order valence-electron chi connectivity index (χ2n) is 6.20. The Hall–Kier alpha value is -3.55. The molecule has 0 saturated carbocycles. The molecule has 6 nitrogen and oxygen atoms in total. The number of rotatable bonds is 7. The summed E-state index contributed by atoms with van der Waals surface area (Å²) < 4.78 is 34.7. The van der Waals surface area contributed by atoms with Crippen LogP contribution in [0.5, 0.6) is 5.88 Å². The standard InChI is InChI=1S/C21H18F2N2O4/c1-2-29-20-15-5-3-4-14(13(15)7-9-24-20)19(26)18-16(22)10-12(11-17(18)23)6-8-25-21(27)28/h3-5,7,9-11,25H,2,6,8H2,1H3,(H,27,28). The fourth-order valence-corrected chi connectivity index (χ4v) is 3.07. The Bertz CT molecular complexity index is 1060. The van der Waals surface area contributed by atoms with E-state index >= 15 is 0 Å². The average molecular weight is 400 g/mol. The fraction of sp³-hybridized carbons (Fsp3) is 0.190. The maximum atomic E-state index is 14.6. The first-order chi connectivity index (χ1) is 13.9. The average Bonchev–Trinajstić information content (AvgIpc) is 2.67. The first kappa shape index (κ1) is 20.2. The number of nitrogens with one attached hydrogen (secondary N) is 1. The Balaban J connectivity index is 1.98. The highest BCUT2D eigenvalue weighted by atomic mass is 19.1. The topological polar surface area (TPSA) is 88.5 Å². The van der Waals surface area contributed by atoms with Crippen molar-refractivity contribution < 1.29 is 28.2 Å². The highest BCUT2D eigenvalue weighted by molar-refractivity contribution is 6.17. The number of aromatic nitrogens is 1. The number of ether oxygens (including phenoxy) is 1. The van der Waals surface area contributed by atoms with Gasteiger partial charge in [-0.2, -0.15) is 0 Å². The van der Waals surface area contributed by atoms with Crippen molar-refractivity contribution in [2.75, 3.05) is 13.2 Å². The van der Waals surface area contributed by atoms with Crippen LogP contribution in [0, 0.1) is 11.6 Å². The minimum absolute atomic E-state index is 0.00195. The van der Waals surface area contributed by atoms with Crippen LogP contribution in [0.1, 0.15) is 28.4 Å². The lowest BCUT2D eigenvalue weighted by atomic mass is 9.96. The molecule has 0 atom stereocenters. The number of benzene rings is 2. The Morgan fingerprint density at radius 2 is 1.86 bits per heavy atom. The lowest BCUT2D eigenvalue weighted by molar-refractivity contribution is 0.103. The van der Waals surface area contributed by atoms with Crippen LogP contribution in [0.4, 0.5) is 13.6 Å². The molecule has 29 heavy (non-hydrogen) atoms. The fourth-order valence-electron chi connectivity index (χ4n) is 3.07. The summed E-state index contributed by atoms with van der Waals surface area (Å²) in [6, 6.07) is 8.48. The van der Waals surface area contributed by atoms with Crippen LogP contribution in [0.2, 0.25) is 0 Å². The van der Waals surface area contributed by atoms with Gasteiger partial charge in [0.25, 0.3) is 0 Å². The van der Waals surface area contributed by atoms with Crippen LogP contribution < -0.4 is 10.1 Å². The number of nitrogens with zero attached hydrogens (tertiary/aromatic N) is 1. The molecule has 1 amide bonds. The van der Waals surface area contributed by atoms with Gasteiger partial charge in [-0.3, -0.25) is 4.79 Å². The van der Waals surface area contributed by atoms with Crippen molar-refractivity contribution in [3.05, 3.63) is 70.9 Å².